The van der Waals surface area contributed by atoms with Crippen LogP contribution in [0.3, 0.4) is 0 Å². The van der Waals surface area contributed by atoms with Gasteiger partial charge in [0.05, 0.1) is 6.61 Å². The van der Waals surface area contributed by atoms with Crippen LogP contribution in [0.4, 0.5) is 0 Å². The molecule has 0 spiro atoms. The van der Waals surface area contributed by atoms with Gasteiger partial charge in [0.1, 0.15) is 5.69 Å². The highest BCUT2D eigenvalue weighted by atomic mass is 16.5. The Labute approximate surface area is 98.9 Å². The SMILES string of the molecule is CCOC(=O)c1cc(C(=O)NC2CC2)nn1C. The fourth-order valence-electron chi connectivity index (χ4n) is 1.46. The van der Waals surface area contributed by atoms with Gasteiger partial charge in [-0.3, -0.25) is 9.48 Å². The molecule has 0 aliphatic heterocycles. The standard InChI is InChI=1S/C11H15N3O3/c1-3-17-11(16)9-6-8(13-14(9)2)10(15)12-7-4-5-7/h6-7H,3-5H2,1-2H3,(H,12,15). The number of nitrogens with zero attached hydrogens (tertiary/aromatic N) is 2. The Hall–Kier alpha value is -1.85. The van der Waals surface area contributed by atoms with Gasteiger partial charge in [-0.05, 0) is 19.8 Å². The minimum Gasteiger partial charge on any atom is -0.461 e. The predicted molar refractivity (Wildman–Crippen MR) is 59.7 cm³/mol. The molecule has 1 aliphatic rings. The summed E-state index contributed by atoms with van der Waals surface area (Å²) < 4.78 is 6.22. The van der Waals surface area contributed by atoms with Crippen LogP contribution in [-0.2, 0) is 11.8 Å². The lowest BCUT2D eigenvalue weighted by Crippen LogP contribution is -2.25. The lowest BCUT2D eigenvalue weighted by Gasteiger charge is -1.99. The number of rotatable bonds is 4. The lowest BCUT2D eigenvalue weighted by atomic mass is 10.3. The van der Waals surface area contributed by atoms with Gasteiger partial charge < -0.3 is 10.1 Å². The minimum atomic E-state index is -0.465. The molecular weight excluding hydrogens is 222 g/mol. The maximum Gasteiger partial charge on any atom is 0.356 e. The smallest absolute Gasteiger partial charge is 0.356 e. The van der Waals surface area contributed by atoms with E-state index in [9.17, 15) is 9.59 Å². The summed E-state index contributed by atoms with van der Waals surface area (Å²) in [7, 11) is 1.61. The van der Waals surface area contributed by atoms with Gasteiger partial charge in [0.2, 0.25) is 0 Å². The summed E-state index contributed by atoms with van der Waals surface area (Å²) in [5, 5.41) is 6.81. The highest BCUT2D eigenvalue weighted by Crippen LogP contribution is 2.19. The summed E-state index contributed by atoms with van der Waals surface area (Å²) in [6.07, 6.45) is 2.03. The van der Waals surface area contributed by atoms with Crippen molar-refractivity contribution in [3.8, 4) is 0 Å². The first-order valence-electron chi connectivity index (χ1n) is 5.64. The third kappa shape index (κ3) is 2.64. The molecule has 0 aromatic carbocycles. The van der Waals surface area contributed by atoms with E-state index < -0.39 is 5.97 Å². The van der Waals surface area contributed by atoms with Crippen molar-refractivity contribution in [2.45, 2.75) is 25.8 Å². The van der Waals surface area contributed by atoms with Crippen LogP contribution in [0, 0.1) is 0 Å². The average molecular weight is 237 g/mol. The molecule has 1 aromatic rings. The molecule has 1 amide bonds. The number of carbonyl (C=O) groups excluding carboxylic acids is 2. The van der Waals surface area contributed by atoms with Gasteiger partial charge in [-0.1, -0.05) is 0 Å². The zero-order chi connectivity index (χ0) is 12.4. The fraction of sp³-hybridized carbons (Fsp3) is 0.545. The van der Waals surface area contributed by atoms with Gasteiger partial charge in [-0.15, -0.1) is 0 Å². The van der Waals surface area contributed by atoms with Crippen LogP contribution < -0.4 is 5.32 Å². The van der Waals surface area contributed by atoms with Crippen molar-refractivity contribution in [2.75, 3.05) is 6.61 Å². The predicted octanol–water partition coefficient (Wildman–Crippen LogP) is 0.489. The topological polar surface area (TPSA) is 73.2 Å². The zero-order valence-corrected chi connectivity index (χ0v) is 9.90. The molecule has 1 aromatic heterocycles. The second kappa shape index (κ2) is 4.57. The molecule has 0 bridgehead atoms. The van der Waals surface area contributed by atoms with Crippen molar-refractivity contribution in [3.05, 3.63) is 17.5 Å². The van der Waals surface area contributed by atoms with Gasteiger partial charge in [0, 0.05) is 19.2 Å². The molecule has 0 unspecified atom stereocenters. The molecule has 1 heterocycles. The number of carbonyl (C=O) groups is 2. The molecule has 0 radical (unpaired) electrons. The van der Waals surface area contributed by atoms with E-state index in [0.717, 1.165) is 12.8 Å². The summed E-state index contributed by atoms with van der Waals surface area (Å²) in [6, 6.07) is 1.73. The van der Waals surface area contributed by atoms with Gasteiger partial charge in [-0.2, -0.15) is 5.10 Å². The van der Waals surface area contributed by atoms with Gasteiger partial charge in [0.25, 0.3) is 5.91 Å². The quantitative estimate of drug-likeness (QED) is 0.773. The molecule has 1 fully saturated rings. The van der Waals surface area contributed by atoms with E-state index in [0.29, 0.717) is 6.61 Å². The van der Waals surface area contributed by atoms with Gasteiger partial charge in [0.15, 0.2) is 5.69 Å². The summed E-state index contributed by atoms with van der Waals surface area (Å²) in [5.41, 5.74) is 0.537. The van der Waals surface area contributed by atoms with Crippen molar-refractivity contribution in [3.63, 3.8) is 0 Å². The molecule has 1 aliphatic carbocycles. The Balaban J connectivity index is 2.11. The van der Waals surface area contributed by atoms with E-state index in [2.05, 4.69) is 10.4 Å². The number of esters is 1. The first kappa shape index (κ1) is 11.6. The summed E-state index contributed by atoms with van der Waals surface area (Å²) >= 11 is 0. The van der Waals surface area contributed by atoms with Crippen LogP contribution in [0.1, 0.15) is 40.7 Å². The van der Waals surface area contributed by atoms with Crippen LogP contribution in [-0.4, -0.2) is 34.3 Å². The Morgan fingerprint density at radius 3 is 2.88 bits per heavy atom. The van der Waals surface area contributed by atoms with Crippen molar-refractivity contribution in [1.82, 2.24) is 15.1 Å². The molecule has 1 saturated carbocycles. The Morgan fingerprint density at radius 1 is 1.59 bits per heavy atom. The lowest BCUT2D eigenvalue weighted by molar-refractivity contribution is 0.0513. The van der Waals surface area contributed by atoms with E-state index in [-0.39, 0.29) is 23.3 Å². The first-order valence-corrected chi connectivity index (χ1v) is 5.64. The Kier molecular flexibility index (Phi) is 3.12. The maximum absolute atomic E-state index is 11.7. The van der Waals surface area contributed by atoms with Crippen LogP contribution in [0.2, 0.25) is 0 Å². The monoisotopic (exact) mass is 237 g/mol. The van der Waals surface area contributed by atoms with Gasteiger partial charge >= 0.3 is 5.97 Å². The molecular formula is C11H15N3O3. The van der Waals surface area contributed by atoms with Crippen LogP contribution in [0.5, 0.6) is 0 Å². The van der Waals surface area contributed by atoms with Crippen LogP contribution >= 0.6 is 0 Å². The van der Waals surface area contributed by atoms with E-state index in [1.165, 1.54) is 10.7 Å². The molecule has 0 saturated heterocycles. The third-order valence-corrected chi connectivity index (χ3v) is 2.51. The number of ether oxygens (including phenoxy) is 1. The fourth-order valence-corrected chi connectivity index (χ4v) is 1.46. The second-order valence-electron chi connectivity index (χ2n) is 4.01. The van der Waals surface area contributed by atoms with Crippen LogP contribution in [0.15, 0.2) is 6.07 Å². The van der Waals surface area contributed by atoms with Crippen LogP contribution in [0.25, 0.3) is 0 Å². The summed E-state index contributed by atoms with van der Waals surface area (Å²) in [4.78, 5) is 23.2. The van der Waals surface area contributed by atoms with Gasteiger partial charge in [-0.25, -0.2) is 4.79 Å². The Morgan fingerprint density at radius 2 is 2.29 bits per heavy atom. The first-order chi connectivity index (χ1) is 8.11. The number of amides is 1. The number of hydrogen-bond acceptors (Lipinski definition) is 4. The molecule has 0 atom stereocenters. The molecule has 6 heteroatoms. The van der Waals surface area contributed by atoms with E-state index in [4.69, 9.17) is 4.74 Å². The number of nitrogens with one attached hydrogen (secondary N) is 1. The summed E-state index contributed by atoms with van der Waals surface area (Å²) in [5.74, 6) is -0.702. The van der Waals surface area contributed by atoms with E-state index >= 15 is 0 Å². The Bertz CT molecular complexity index is 449. The molecule has 6 nitrogen and oxygen atoms in total. The number of aromatic nitrogens is 2. The highest BCUT2D eigenvalue weighted by molar-refractivity contribution is 5.96. The zero-order valence-electron chi connectivity index (χ0n) is 9.90. The normalized spacial score (nSPS) is 14.5. The third-order valence-electron chi connectivity index (χ3n) is 2.51. The van der Waals surface area contributed by atoms with Crippen molar-refractivity contribution >= 4 is 11.9 Å². The molecule has 1 N–H and O–H groups in total. The van der Waals surface area contributed by atoms with Crippen molar-refractivity contribution < 1.29 is 14.3 Å². The molecule has 92 valence electrons. The largest absolute Gasteiger partial charge is 0.461 e. The molecule has 2 rings (SSSR count). The number of hydrogen-bond donors (Lipinski definition) is 1. The van der Waals surface area contributed by atoms with E-state index in [1.54, 1.807) is 14.0 Å². The highest BCUT2D eigenvalue weighted by Gasteiger charge is 2.26. The summed E-state index contributed by atoms with van der Waals surface area (Å²) in [6.45, 7) is 2.03. The van der Waals surface area contributed by atoms with E-state index in [1.807, 2.05) is 0 Å². The minimum absolute atomic E-state index is 0.237. The average Bonchev–Trinajstić information content (AvgIpc) is 2.99. The van der Waals surface area contributed by atoms with Crippen molar-refractivity contribution in [1.29, 1.82) is 0 Å². The molecule has 17 heavy (non-hydrogen) atoms. The number of aryl methyl sites for hydroxylation is 1. The van der Waals surface area contributed by atoms with Crippen molar-refractivity contribution in [2.24, 2.45) is 7.05 Å². The second-order valence-corrected chi connectivity index (χ2v) is 4.01. The maximum atomic E-state index is 11.7.